The molecule has 3 N–H and O–H groups in total. The molecule has 9 rings (SSSR count). The van der Waals surface area contributed by atoms with Crippen LogP contribution in [0.15, 0.2) is 16.9 Å². The van der Waals surface area contributed by atoms with Crippen LogP contribution >= 0.6 is 11.3 Å². The predicted molar refractivity (Wildman–Crippen MR) is 188 cm³/mol. The zero-order chi connectivity index (χ0) is 34.1. The van der Waals surface area contributed by atoms with Crippen LogP contribution in [0, 0.1) is 11.3 Å². The van der Waals surface area contributed by atoms with E-state index in [2.05, 4.69) is 45.2 Å². The minimum atomic E-state index is -0.403. The summed E-state index contributed by atoms with van der Waals surface area (Å²) in [5.74, 6) is 3.46. The largest absolute Gasteiger partial charge is 0.389 e. The molecule has 2 aliphatic heterocycles. The van der Waals surface area contributed by atoms with Crippen molar-refractivity contribution in [3.63, 3.8) is 0 Å². The molecule has 1 unspecified atom stereocenters. The summed E-state index contributed by atoms with van der Waals surface area (Å²) in [6.45, 7) is 8.58. The molecule has 2 saturated heterocycles. The van der Waals surface area contributed by atoms with Gasteiger partial charge in [-0.2, -0.15) is 10.2 Å². The van der Waals surface area contributed by atoms with Crippen LogP contribution in [0.25, 0.3) is 11.4 Å². The molecule has 0 radical (unpaired) electrons. The van der Waals surface area contributed by atoms with Crippen LogP contribution in [-0.2, 0) is 18.3 Å². The number of nitrogens with zero attached hydrogens (tertiary/aromatic N) is 10. The molecule has 4 aromatic rings. The first kappa shape index (κ1) is 31.4. The normalized spacial score (nSPS) is 25.0. The summed E-state index contributed by atoms with van der Waals surface area (Å²) in [6.07, 6.45) is 9.22. The molecule has 50 heavy (non-hydrogen) atoms. The number of nitriles is 1. The second-order valence-corrected chi connectivity index (χ2v) is 15.8. The highest BCUT2D eigenvalue weighted by atomic mass is 32.1. The number of anilines is 3. The molecule has 3 aliphatic carbocycles. The Morgan fingerprint density at radius 1 is 1.14 bits per heavy atom. The lowest BCUT2D eigenvalue weighted by Crippen LogP contribution is -2.55. The molecule has 5 aliphatic rings. The van der Waals surface area contributed by atoms with Gasteiger partial charge in [-0.25, -0.2) is 14.3 Å². The van der Waals surface area contributed by atoms with Crippen LogP contribution in [0.3, 0.4) is 0 Å². The van der Waals surface area contributed by atoms with Gasteiger partial charge >= 0.3 is 6.03 Å². The van der Waals surface area contributed by atoms with Crippen molar-refractivity contribution < 1.29 is 9.32 Å². The fourth-order valence-corrected chi connectivity index (χ4v) is 9.97. The molecule has 15 heteroatoms. The molecule has 6 heterocycles. The number of nitrogen functional groups attached to an aromatic ring is 1. The third-order valence-electron chi connectivity index (χ3n) is 11.5. The lowest BCUT2D eigenvalue weighted by atomic mass is 9.63. The first-order valence-corrected chi connectivity index (χ1v) is 18.8. The first-order chi connectivity index (χ1) is 24.4. The van der Waals surface area contributed by atoms with Gasteiger partial charge in [0, 0.05) is 73.8 Å². The zero-order valence-electron chi connectivity index (χ0n) is 28.6. The molecule has 4 aromatic heterocycles. The minimum absolute atomic E-state index is 0.0572. The Labute approximate surface area is 294 Å². The topological polar surface area (TPSA) is 171 Å². The van der Waals surface area contributed by atoms with Crippen LogP contribution < -0.4 is 20.9 Å². The number of hydrogen-bond acceptors (Lipinski definition) is 13. The van der Waals surface area contributed by atoms with Crippen molar-refractivity contribution in [3.05, 3.63) is 45.5 Å². The number of nitrogens with one attached hydrogen (secondary N) is 1. The smallest absolute Gasteiger partial charge is 0.331 e. The van der Waals surface area contributed by atoms with Crippen molar-refractivity contribution >= 4 is 34.1 Å². The minimum Gasteiger partial charge on any atom is -0.389 e. The number of hydrogen-bond donors (Lipinski definition) is 2. The molecule has 1 spiro atoms. The van der Waals surface area contributed by atoms with Crippen LogP contribution in [-0.4, -0.2) is 92.2 Å². The summed E-state index contributed by atoms with van der Waals surface area (Å²) < 4.78 is 8.00. The van der Waals surface area contributed by atoms with Gasteiger partial charge in [0.05, 0.1) is 11.0 Å². The van der Waals surface area contributed by atoms with Crippen LogP contribution in [0.4, 0.5) is 21.6 Å². The molecular weight excluding hydrogens is 653 g/mol. The molecule has 0 bridgehead atoms. The highest BCUT2D eigenvalue weighted by Gasteiger charge is 2.49. The lowest BCUT2D eigenvalue weighted by molar-refractivity contribution is 0.172. The quantitative estimate of drug-likeness (QED) is 0.315. The number of piperazine rings is 2. The second kappa shape index (κ2) is 12.1. The molecule has 260 valence electrons. The summed E-state index contributed by atoms with van der Waals surface area (Å²) in [4.78, 5) is 31.7. The SMILES string of the molecule is CC1CN(c2cc(-c3noc4c3CCC[C@@]43CCCc4sc(N)c(C#N)c43)nc(N3CCNC[C@@H]3C)n2)CCN1C(=O)n1cnnc1C1CC1. The number of amides is 1. The number of fused-ring (bicyclic) bond motifs is 4. The van der Waals surface area contributed by atoms with Crippen molar-refractivity contribution in [1.29, 1.82) is 5.26 Å². The van der Waals surface area contributed by atoms with Gasteiger partial charge in [0.2, 0.25) is 5.95 Å². The lowest BCUT2D eigenvalue weighted by Gasteiger charge is -2.41. The summed E-state index contributed by atoms with van der Waals surface area (Å²) in [7, 11) is 0. The number of carbonyl (C=O) groups excluding carboxylic acids is 1. The van der Waals surface area contributed by atoms with Gasteiger partial charge in [-0.1, -0.05) is 5.16 Å². The van der Waals surface area contributed by atoms with E-state index < -0.39 is 5.41 Å². The summed E-state index contributed by atoms with van der Waals surface area (Å²) in [5, 5.41) is 27.3. The van der Waals surface area contributed by atoms with Gasteiger partial charge in [0.15, 0.2) is 5.76 Å². The molecule has 1 amide bonds. The van der Waals surface area contributed by atoms with E-state index in [0.29, 0.717) is 42.1 Å². The van der Waals surface area contributed by atoms with E-state index in [1.807, 2.05) is 11.0 Å². The Balaban J connectivity index is 1.08. The molecule has 0 aromatic carbocycles. The van der Waals surface area contributed by atoms with Crippen molar-refractivity contribution in [3.8, 4) is 17.5 Å². The van der Waals surface area contributed by atoms with Gasteiger partial charge in [-0.05, 0) is 70.8 Å². The fraction of sp³-hybridized carbons (Fsp3) is 0.571. The Bertz CT molecular complexity index is 2000. The standard InChI is InChI=1S/C35H42N12O2S/c1-20-17-38-11-12-45(20)33-40-25(15-27(41-33)44-13-14-46(21(2)18-44)34(48)47-19-39-42-32(47)22-7-8-22)29-23-5-3-9-35(30(23)49-43-29)10-4-6-26-28(35)24(16-36)31(37)50-26/h15,19-22,38H,3-14,17-18,37H2,1-2H3/t20-,21?,35-/m0/s1. The molecule has 1 saturated carbocycles. The van der Waals surface area contributed by atoms with E-state index >= 15 is 0 Å². The Hall–Kier alpha value is -4.55. The van der Waals surface area contributed by atoms with Crippen molar-refractivity contribution in [1.82, 2.24) is 40.1 Å². The fourth-order valence-electron chi connectivity index (χ4n) is 8.81. The summed E-state index contributed by atoms with van der Waals surface area (Å²) in [6, 6.07) is 4.56. The van der Waals surface area contributed by atoms with E-state index in [0.717, 1.165) is 111 Å². The number of aryl methyl sites for hydroxylation is 1. The van der Waals surface area contributed by atoms with E-state index in [1.165, 1.54) is 4.88 Å². The summed E-state index contributed by atoms with van der Waals surface area (Å²) >= 11 is 1.55. The Morgan fingerprint density at radius 2 is 1.98 bits per heavy atom. The van der Waals surface area contributed by atoms with E-state index in [1.54, 1.807) is 22.2 Å². The van der Waals surface area contributed by atoms with E-state index in [-0.39, 0.29) is 18.1 Å². The number of aromatic nitrogens is 6. The maximum absolute atomic E-state index is 13.7. The highest BCUT2D eigenvalue weighted by Crippen LogP contribution is 2.55. The van der Waals surface area contributed by atoms with Gasteiger partial charge in [0.25, 0.3) is 0 Å². The van der Waals surface area contributed by atoms with Crippen molar-refractivity contribution in [2.24, 2.45) is 0 Å². The Morgan fingerprint density at radius 3 is 2.76 bits per heavy atom. The average Bonchev–Trinajstić information content (AvgIpc) is 3.51. The molecule has 14 nitrogen and oxygen atoms in total. The second-order valence-electron chi connectivity index (χ2n) is 14.6. The molecule has 3 fully saturated rings. The molecule has 3 atom stereocenters. The third kappa shape index (κ3) is 4.98. The third-order valence-corrected chi connectivity index (χ3v) is 12.6. The summed E-state index contributed by atoms with van der Waals surface area (Å²) in [5.41, 5.74) is 10.2. The number of rotatable bonds is 4. The van der Waals surface area contributed by atoms with Crippen LogP contribution in [0.1, 0.15) is 91.4 Å². The van der Waals surface area contributed by atoms with Gasteiger partial charge in [-0.15, -0.1) is 21.5 Å². The van der Waals surface area contributed by atoms with E-state index in [9.17, 15) is 10.1 Å². The van der Waals surface area contributed by atoms with Crippen molar-refractivity contribution in [2.45, 2.75) is 88.6 Å². The number of thiophene rings is 1. The Kier molecular flexibility index (Phi) is 7.58. The number of nitrogens with two attached hydrogens (primary N) is 1. The van der Waals surface area contributed by atoms with E-state index in [4.69, 9.17) is 25.4 Å². The van der Waals surface area contributed by atoms with Gasteiger partial charge in [0.1, 0.15) is 40.4 Å². The average molecular weight is 695 g/mol. The van der Waals surface area contributed by atoms with Gasteiger partial charge in [-0.3, -0.25) is 0 Å². The first-order valence-electron chi connectivity index (χ1n) is 18.0. The van der Waals surface area contributed by atoms with Crippen LogP contribution in [0.5, 0.6) is 0 Å². The maximum Gasteiger partial charge on any atom is 0.331 e. The monoisotopic (exact) mass is 694 g/mol. The zero-order valence-corrected chi connectivity index (χ0v) is 29.4. The predicted octanol–water partition coefficient (Wildman–Crippen LogP) is 4.05. The number of carbonyl (C=O) groups is 1. The van der Waals surface area contributed by atoms with Crippen molar-refractivity contribution in [2.75, 3.05) is 54.8 Å². The maximum atomic E-state index is 13.7. The van der Waals surface area contributed by atoms with Crippen LogP contribution in [0.2, 0.25) is 0 Å². The highest BCUT2D eigenvalue weighted by molar-refractivity contribution is 7.16. The molecular formula is C35H42N12O2S. The van der Waals surface area contributed by atoms with Gasteiger partial charge < -0.3 is 30.3 Å².